The minimum atomic E-state index is -0.803. The van der Waals surface area contributed by atoms with E-state index in [9.17, 15) is 9.59 Å². The Hall–Kier alpha value is -0.920. The zero-order valence-corrected chi connectivity index (χ0v) is 13.5. The van der Waals surface area contributed by atoms with Crippen molar-refractivity contribution < 1.29 is 14.7 Å². The van der Waals surface area contributed by atoms with Crippen molar-refractivity contribution in [3.05, 3.63) is 20.8 Å². The summed E-state index contributed by atoms with van der Waals surface area (Å²) in [5.41, 5.74) is 0.670. The third-order valence-electron chi connectivity index (χ3n) is 3.54. The zero-order chi connectivity index (χ0) is 14.7. The van der Waals surface area contributed by atoms with E-state index in [1.54, 1.807) is 6.07 Å². The first-order valence-electron chi connectivity index (χ1n) is 6.50. The van der Waals surface area contributed by atoms with E-state index in [2.05, 4.69) is 21.2 Å². The van der Waals surface area contributed by atoms with Gasteiger partial charge in [-0.25, -0.2) is 0 Å². The van der Waals surface area contributed by atoms with Gasteiger partial charge in [-0.05, 0) is 41.4 Å². The second kappa shape index (κ2) is 6.69. The van der Waals surface area contributed by atoms with Gasteiger partial charge in [0.2, 0.25) is 0 Å². The van der Waals surface area contributed by atoms with E-state index in [4.69, 9.17) is 5.11 Å². The number of carboxylic acid groups (broad SMARTS) is 1. The summed E-state index contributed by atoms with van der Waals surface area (Å²) in [5.74, 6) is -0.862. The SMILES string of the molecule is CCN(CC(=O)O)C1CC(NC(=O)c2csc(Br)c2)C1. The maximum Gasteiger partial charge on any atom is 0.317 e. The standard InChI is InChI=1S/C13H17BrN2O3S/c1-2-16(6-12(17)18)10-4-9(5-10)15-13(19)8-3-11(14)20-7-8/h3,7,9-10H,2,4-6H2,1H3,(H,15,19)(H,17,18). The van der Waals surface area contributed by atoms with Gasteiger partial charge in [0.05, 0.1) is 15.9 Å². The van der Waals surface area contributed by atoms with Crippen LogP contribution in [0.2, 0.25) is 0 Å². The number of carbonyl (C=O) groups excluding carboxylic acids is 1. The number of thiophene rings is 1. The van der Waals surface area contributed by atoms with E-state index in [0.717, 1.165) is 23.2 Å². The number of carboxylic acids is 1. The third-order valence-corrected chi connectivity index (χ3v) is 5.04. The van der Waals surface area contributed by atoms with Gasteiger partial charge in [0.25, 0.3) is 5.91 Å². The molecule has 1 aliphatic rings. The smallest absolute Gasteiger partial charge is 0.317 e. The monoisotopic (exact) mass is 360 g/mol. The van der Waals surface area contributed by atoms with Crippen molar-refractivity contribution in [1.82, 2.24) is 10.2 Å². The fourth-order valence-corrected chi connectivity index (χ4v) is 3.51. The van der Waals surface area contributed by atoms with Gasteiger partial charge in [-0.3, -0.25) is 14.5 Å². The molecule has 110 valence electrons. The Morgan fingerprint density at radius 1 is 1.55 bits per heavy atom. The summed E-state index contributed by atoms with van der Waals surface area (Å²) >= 11 is 4.82. The average Bonchev–Trinajstić information content (AvgIpc) is 2.77. The second-order valence-corrected chi connectivity index (χ2v) is 7.18. The van der Waals surface area contributed by atoms with Crippen LogP contribution in [-0.4, -0.2) is 47.1 Å². The fourth-order valence-electron chi connectivity index (χ4n) is 2.37. The molecule has 1 fully saturated rings. The number of nitrogens with zero attached hydrogens (tertiary/aromatic N) is 1. The topological polar surface area (TPSA) is 69.6 Å². The van der Waals surface area contributed by atoms with Gasteiger partial charge in [-0.1, -0.05) is 6.92 Å². The molecule has 5 nitrogen and oxygen atoms in total. The van der Waals surface area contributed by atoms with E-state index in [1.165, 1.54) is 11.3 Å². The van der Waals surface area contributed by atoms with Gasteiger partial charge in [0.15, 0.2) is 0 Å². The molecule has 20 heavy (non-hydrogen) atoms. The Balaban J connectivity index is 1.78. The molecule has 0 aliphatic heterocycles. The van der Waals surface area contributed by atoms with Crippen LogP contribution in [0.3, 0.4) is 0 Å². The molecule has 0 radical (unpaired) electrons. The fraction of sp³-hybridized carbons (Fsp3) is 0.538. The highest BCUT2D eigenvalue weighted by Crippen LogP contribution is 2.26. The lowest BCUT2D eigenvalue weighted by molar-refractivity contribution is -0.139. The normalized spacial score (nSPS) is 21.6. The Kier molecular flexibility index (Phi) is 5.17. The molecular weight excluding hydrogens is 344 g/mol. The maximum absolute atomic E-state index is 12.0. The quantitative estimate of drug-likeness (QED) is 0.815. The van der Waals surface area contributed by atoms with E-state index in [-0.39, 0.29) is 24.5 Å². The Morgan fingerprint density at radius 3 is 2.75 bits per heavy atom. The molecule has 0 unspecified atom stereocenters. The molecule has 0 aromatic carbocycles. The molecular formula is C13H17BrN2O3S. The highest BCUT2D eigenvalue weighted by atomic mass is 79.9. The molecule has 0 spiro atoms. The molecule has 2 N–H and O–H groups in total. The molecule has 0 bridgehead atoms. The molecule has 1 amide bonds. The van der Waals surface area contributed by atoms with Crippen LogP contribution in [0.25, 0.3) is 0 Å². The number of hydrogen-bond acceptors (Lipinski definition) is 4. The van der Waals surface area contributed by atoms with Crippen LogP contribution in [0.1, 0.15) is 30.1 Å². The number of likely N-dealkylation sites (N-methyl/N-ethyl adjacent to an activating group) is 1. The number of hydrogen-bond donors (Lipinski definition) is 2. The van der Waals surface area contributed by atoms with E-state index in [1.807, 2.05) is 17.2 Å². The van der Waals surface area contributed by atoms with Crippen molar-refractivity contribution in [2.75, 3.05) is 13.1 Å². The number of aliphatic carboxylic acids is 1. The molecule has 0 atom stereocenters. The zero-order valence-electron chi connectivity index (χ0n) is 11.1. The molecule has 1 saturated carbocycles. The Labute approximate surface area is 130 Å². The molecule has 1 aromatic heterocycles. The molecule has 1 heterocycles. The van der Waals surface area contributed by atoms with Crippen LogP contribution < -0.4 is 5.32 Å². The summed E-state index contributed by atoms with van der Waals surface area (Å²) in [6.45, 7) is 2.74. The van der Waals surface area contributed by atoms with Crippen LogP contribution in [0.4, 0.5) is 0 Å². The van der Waals surface area contributed by atoms with Crippen molar-refractivity contribution in [2.24, 2.45) is 0 Å². The third kappa shape index (κ3) is 3.80. The van der Waals surface area contributed by atoms with Gasteiger partial charge in [-0.2, -0.15) is 0 Å². The Bertz CT molecular complexity index is 500. The first-order valence-corrected chi connectivity index (χ1v) is 8.17. The van der Waals surface area contributed by atoms with Gasteiger partial charge in [0.1, 0.15) is 0 Å². The molecule has 7 heteroatoms. The number of halogens is 1. The number of carbonyl (C=O) groups is 2. The van der Waals surface area contributed by atoms with E-state index >= 15 is 0 Å². The van der Waals surface area contributed by atoms with Crippen molar-refractivity contribution >= 4 is 39.1 Å². The molecule has 2 rings (SSSR count). The van der Waals surface area contributed by atoms with E-state index in [0.29, 0.717) is 5.56 Å². The lowest BCUT2D eigenvalue weighted by atomic mass is 9.85. The van der Waals surface area contributed by atoms with Crippen molar-refractivity contribution in [3.8, 4) is 0 Å². The van der Waals surface area contributed by atoms with Crippen LogP contribution in [0.15, 0.2) is 15.2 Å². The Morgan fingerprint density at radius 2 is 2.25 bits per heavy atom. The van der Waals surface area contributed by atoms with E-state index < -0.39 is 5.97 Å². The minimum Gasteiger partial charge on any atom is -0.480 e. The summed E-state index contributed by atoms with van der Waals surface area (Å²) in [6, 6.07) is 2.21. The van der Waals surface area contributed by atoms with Crippen LogP contribution >= 0.6 is 27.3 Å². The lowest BCUT2D eigenvalue weighted by Gasteiger charge is -2.42. The largest absolute Gasteiger partial charge is 0.480 e. The lowest BCUT2D eigenvalue weighted by Crippen LogP contribution is -2.54. The first-order chi connectivity index (χ1) is 9.49. The van der Waals surface area contributed by atoms with Crippen LogP contribution in [0, 0.1) is 0 Å². The average molecular weight is 361 g/mol. The predicted molar refractivity (Wildman–Crippen MR) is 81.2 cm³/mol. The summed E-state index contributed by atoms with van der Waals surface area (Å²) in [6.07, 6.45) is 1.64. The molecule has 1 aliphatic carbocycles. The van der Waals surface area contributed by atoms with Crippen LogP contribution in [0.5, 0.6) is 0 Å². The summed E-state index contributed by atoms with van der Waals surface area (Å²) in [5, 5.41) is 13.6. The number of amides is 1. The highest BCUT2D eigenvalue weighted by Gasteiger charge is 2.34. The summed E-state index contributed by atoms with van der Waals surface area (Å²) in [4.78, 5) is 24.6. The minimum absolute atomic E-state index is 0.0586. The van der Waals surface area contributed by atoms with Crippen molar-refractivity contribution in [1.29, 1.82) is 0 Å². The number of nitrogens with one attached hydrogen (secondary N) is 1. The first kappa shape index (κ1) is 15.5. The van der Waals surface area contributed by atoms with Gasteiger partial charge in [0, 0.05) is 17.5 Å². The predicted octanol–water partition coefficient (Wildman–Crippen LogP) is 2.18. The highest BCUT2D eigenvalue weighted by molar-refractivity contribution is 9.11. The number of rotatable bonds is 6. The van der Waals surface area contributed by atoms with Crippen molar-refractivity contribution in [2.45, 2.75) is 31.8 Å². The van der Waals surface area contributed by atoms with Gasteiger partial charge < -0.3 is 10.4 Å². The van der Waals surface area contributed by atoms with Crippen molar-refractivity contribution in [3.63, 3.8) is 0 Å². The maximum atomic E-state index is 12.0. The molecule has 1 aromatic rings. The van der Waals surface area contributed by atoms with Crippen LogP contribution in [-0.2, 0) is 4.79 Å². The summed E-state index contributed by atoms with van der Waals surface area (Å²) < 4.78 is 0.938. The second-order valence-electron chi connectivity index (χ2n) is 4.89. The van der Waals surface area contributed by atoms with Gasteiger partial charge >= 0.3 is 5.97 Å². The van der Waals surface area contributed by atoms with Gasteiger partial charge in [-0.15, -0.1) is 11.3 Å². The molecule has 0 saturated heterocycles. The summed E-state index contributed by atoms with van der Waals surface area (Å²) in [7, 11) is 0.